The molecule has 2 aromatic carbocycles. The summed E-state index contributed by atoms with van der Waals surface area (Å²) in [5, 5.41) is 0. The molecule has 0 amide bonds. The fourth-order valence-corrected chi connectivity index (χ4v) is 1.98. The first-order valence-corrected chi connectivity index (χ1v) is 6.85. The SMILES string of the molecule is CCCCOc1cccc(-c2cccc(CN)c2)c1.Cl. The summed E-state index contributed by atoms with van der Waals surface area (Å²) in [5.74, 6) is 0.934. The number of hydrogen-bond acceptors (Lipinski definition) is 2. The highest BCUT2D eigenvalue weighted by atomic mass is 35.5. The van der Waals surface area contributed by atoms with Crippen molar-refractivity contribution in [3.05, 3.63) is 54.1 Å². The van der Waals surface area contributed by atoms with Gasteiger partial charge >= 0.3 is 0 Å². The van der Waals surface area contributed by atoms with Crippen LogP contribution < -0.4 is 10.5 Å². The number of nitrogens with two attached hydrogens (primary N) is 1. The van der Waals surface area contributed by atoms with Crippen LogP contribution in [0.4, 0.5) is 0 Å². The molecule has 0 atom stereocenters. The van der Waals surface area contributed by atoms with Gasteiger partial charge in [-0.15, -0.1) is 12.4 Å². The Hall–Kier alpha value is -1.51. The molecule has 2 N–H and O–H groups in total. The molecule has 0 aliphatic carbocycles. The van der Waals surface area contributed by atoms with Gasteiger partial charge in [-0.2, -0.15) is 0 Å². The second-order valence-electron chi connectivity index (χ2n) is 4.63. The highest BCUT2D eigenvalue weighted by Gasteiger charge is 2.01. The minimum absolute atomic E-state index is 0. The quantitative estimate of drug-likeness (QED) is 0.800. The molecule has 0 spiro atoms. The van der Waals surface area contributed by atoms with Crippen LogP contribution in [0.5, 0.6) is 5.75 Å². The van der Waals surface area contributed by atoms with E-state index in [2.05, 4.69) is 31.2 Å². The third kappa shape index (κ3) is 4.55. The summed E-state index contributed by atoms with van der Waals surface area (Å²) in [6.45, 7) is 3.52. The van der Waals surface area contributed by atoms with E-state index in [1.165, 1.54) is 11.1 Å². The number of unbranched alkanes of at least 4 members (excludes halogenated alkanes) is 1. The van der Waals surface area contributed by atoms with Gasteiger partial charge in [0.15, 0.2) is 0 Å². The molecule has 0 saturated heterocycles. The van der Waals surface area contributed by atoms with Gasteiger partial charge < -0.3 is 10.5 Å². The first-order valence-electron chi connectivity index (χ1n) is 6.85. The molecule has 0 fully saturated rings. The van der Waals surface area contributed by atoms with Gasteiger partial charge in [-0.1, -0.05) is 43.7 Å². The van der Waals surface area contributed by atoms with E-state index in [0.717, 1.165) is 30.8 Å². The van der Waals surface area contributed by atoms with Crippen molar-refractivity contribution in [2.75, 3.05) is 6.61 Å². The van der Waals surface area contributed by atoms with Crippen LogP contribution in [0.15, 0.2) is 48.5 Å². The molecular formula is C17H22ClNO. The predicted molar refractivity (Wildman–Crippen MR) is 87.4 cm³/mol. The van der Waals surface area contributed by atoms with Gasteiger partial charge in [0.2, 0.25) is 0 Å². The molecule has 2 nitrogen and oxygen atoms in total. The minimum Gasteiger partial charge on any atom is -0.494 e. The van der Waals surface area contributed by atoms with Crippen LogP contribution in [0, 0.1) is 0 Å². The summed E-state index contributed by atoms with van der Waals surface area (Å²) >= 11 is 0. The van der Waals surface area contributed by atoms with Gasteiger partial charge in [-0.3, -0.25) is 0 Å². The summed E-state index contributed by atoms with van der Waals surface area (Å²) in [6.07, 6.45) is 2.24. The van der Waals surface area contributed by atoms with Crippen molar-refractivity contribution in [3.8, 4) is 16.9 Å². The summed E-state index contributed by atoms with van der Waals surface area (Å²) in [5.41, 5.74) is 9.19. The fourth-order valence-electron chi connectivity index (χ4n) is 1.98. The average Bonchev–Trinajstić information content (AvgIpc) is 2.48. The third-order valence-corrected chi connectivity index (χ3v) is 3.10. The molecule has 108 valence electrons. The van der Waals surface area contributed by atoms with E-state index in [1.54, 1.807) is 0 Å². The summed E-state index contributed by atoms with van der Waals surface area (Å²) in [7, 11) is 0. The molecule has 2 rings (SSSR count). The molecule has 0 aromatic heterocycles. The molecule has 0 heterocycles. The lowest BCUT2D eigenvalue weighted by atomic mass is 10.0. The minimum atomic E-state index is 0. The van der Waals surface area contributed by atoms with Crippen LogP contribution in [0.25, 0.3) is 11.1 Å². The Balaban J connectivity index is 0.00000200. The first-order chi connectivity index (χ1) is 9.33. The Labute approximate surface area is 127 Å². The van der Waals surface area contributed by atoms with E-state index in [-0.39, 0.29) is 12.4 Å². The van der Waals surface area contributed by atoms with E-state index in [0.29, 0.717) is 6.54 Å². The van der Waals surface area contributed by atoms with Crippen molar-refractivity contribution < 1.29 is 4.74 Å². The van der Waals surface area contributed by atoms with E-state index < -0.39 is 0 Å². The summed E-state index contributed by atoms with van der Waals surface area (Å²) in [6, 6.07) is 16.5. The van der Waals surface area contributed by atoms with Crippen molar-refractivity contribution in [3.63, 3.8) is 0 Å². The van der Waals surface area contributed by atoms with Gasteiger partial charge in [0.05, 0.1) is 6.61 Å². The van der Waals surface area contributed by atoms with Gasteiger partial charge in [-0.05, 0) is 41.3 Å². The zero-order valence-corrected chi connectivity index (χ0v) is 12.7. The number of ether oxygens (including phenoxy) is 1. The number of halogens is 1. The van der Waals surface area contributed by atoms with Crippen molar-refractivity contribution in [2.24, 2.45) is 5.73 Å². The lowest BCUT2D eigenvalue weighted by Gasteiger charge is -2.08. The Morgan fingerprint density at radius 1 is 1.00 bits per heavy atom. The second-order valence-corrected chi connectivity index (χ2v) is 4.63. The largest absolute Gasteiger partial charge is 0.494 e. The van der Waals surface area contributed by atoms with E-state index in [9.17, 15) is 0 Å². The van der Waals surface area contributed by atoms with Gasteiger partial charge in [-0.25, -0.2) is 0 Å². The molecule has 0 aliphatic heterocycles. The Morgan fingerprint density at radius 2 is 1.70 bits per heavy atom. The summed E-state index contributed by atoms with van der Waals surface area (Å²) < 4.78 is 5.74. The zero-order chi connectivity index (χ0) is 13.5. The lowest BCUT2D eigenvalue weighted by Crippen LogP contribution is -1.97. The van der Waals surface area contributed by atoms with Crippen molar-refractivity contribution in [1.82, 2.24) is 0 Å². The Morgan fingerprint density at radius 3 is 2.40 bits per heavy atom. The molecule has 0 bridgehead atoms. The van der Waals surface area contributed by atoms with Gasteiger partial charge in [0.1, 0.15) is 5.75 Å². The molecule has 0 radical (unpaired) electrons. The number of benzene rings is 2. The number of hydrogen-bond donors (Lipinski definition) is 1. The van der Waals surface area contributed by atoms with Gasteiger partial charge in [0, 0.05) is 6.54 Å². The van der Waals surface area contributed by atoms with Crippen LogP contribution in [0.3, 0.4) is 0 Å². The zero-order valence-electron chi connectivity index (χ0n) is 11.8. The van der Waals surface area contributed by atoms with Gasteiger partial charge in [0.25, 0.3) is 0 Å². The lowest BCUT2D eigenvalue weighted by molar-refractivity contribution is 0.309. The highest BCUT2D eigenvalue weighted by molar-refractivity contribution is 5.85. The molecular weight excluding hydrogens is 270 g/mol. The molecule has 20 heavy (non-hydrogen) atoms. The molecule has 3 heteroatoms. The first kappa shape index (κ1) is 16.5. The maximum atomic E-state index is 5.74. The molecule has 0 aliphatic rings. The van der Waals surface area contributed by atoms with E-state index >= 15 is 0 Å². The average molecular weight is 292 g/mol. The Kier molecular flexibility index (Phi) is 7.13. The molecule has 0 saturated carbocycles. The van der Waals surface area contributed by atoms with Crippen LogP contribution in [0.1, 0.15) is 25.3 Å². The van der Waals surface area contributed by atoms with Crippen LogP contribution in [-0.4, -0.2) is 6.61 Å². The predicted octanol–water partition coefficient (Wildman–Crippen LogP) is 4.41. The van der Waals surface area contributed by atoms with Crippen LogP contribution in [-0.2, 0) is 6.54 Å². The maximum Gasteiger partial charge on any atom is 0.119 e. The fraction of sp³-hybridized carbons (Fsp3) is 0.294. The monoisotopic (exact) mass is 291 g/mol. The van der Waals surface area contributed by atoms with E-state index in [1.807, 2.05) is 24.3 Å². The van der Waals surface area contributed by atoms with E-state index in [4.69, 9.17) is 10.5 Å². The standard InChI is InChI=1S/C17H21NO.ClH/c1-2-3-10-19-17-9-5-8-16(12-17)15-7-4-6-14(11-15)13-18;/h4-9,11-12H,2-3,10,13,18H2,1H3;1H. The van der Waals surface area contributed by atoms with Crippen molar-refractivity contribution >= 4 is 12.4 Å². The van der Waals surface area contributed by atoms with Crippen LogP contribution >= 0.6 is 12.4 Å². The maximum absolute atomic E-state index is 5.74. The Bertz CT molecular complexity index is 528. The topological polar surface area (TPSA) is 35.2 Å². The molecule has 0 unspecified atom stereocenters. The van der Waals surface area contributed by atoms with Crippen LogP contribution in [0.2, 0.25) is 0 Å². The normalized spacial score (nSPS) is 9.90. The third-order valence-electron chi connectivity index (χ3n) is 3.10. The number of rotatable bonds is 6. The smallest absolute Gasteiger partial charge is 0.119 e. The highest BCUT2D eigenvalue weighted by Crippen LogP contribution is 2.24. The van der Waals surface area contributed by atoms with Crippen molar-refractivity contribution in [1.29, 1.82) is 0 Å². The summed E-state index contributed by atoms with van der Waals surface area (Å²) in [4.78, 5) is 0. The second kappa shape index (κ2) is 8.62. The van der Waals surface area contributed by atoms with Crippen molar-refractivity contribution in [2.45, 2.75) is 26.3 Å². The molecule has 2 aromatic rings.